The van der Waals surface area contributed by atoms with Crippen LogP contribution in [0.1, 0.15) is 25.7 Å². The van der Waals surface area contributed by atoms with Crippen LogP contribution in [0.4, 0.5) is 0 Å². The minimum absolute atomic E-state index is 1.25. The fourth-order valence-electron chi connectivity index (χ4n) is 1.21. The lowest BCUT2D eigenvalue weighted by molar-refractivity contribution is 0.712. The van der Waals surface area contributed by atoms with Crippen LogP contribution in [0.5, 0.6) is 0 Å². The second-order valence-corrected chi connectivity index (χ2v) is 2.62. The first-order valence-electron chi connectivity index (χ1n) is 3.91. The predicted octanol–water partition coefficient (Wildman–Crippen LogP) is 3.23. The van der Waals surface area contributed by atoms with Gasteiger partial charge in [-0.05, 0) is 25.7 Å². The molecule has 0 N–H and O–H groups in total. The molecule has 0 aromatic heterocycles. The van der Waals surface area contributed by atoms with Gasteiger partial charge < -0.3 is 0 Å². The minimum atomic E-state index is 1.25. The van der Waals surface area contributed by atoms with E-state index in [-0.39, 0.29) is 0 Å². The van der Waals surface area contributed by atoms with E-state index in [0.717, 1.165) is 0 Å². The van der Waals surface area contributed by atoms with Crippen LogP contribution in [0.25, 0.3) is 0 Å². The molecule has 10 heavy (non-hydrogen) atoms. The summed E-state index contributed by atoms with van der Waals surface area (Å²) in [7, 11) is 0. The fourth-order valence-corrected chi connectivity index (χ4v) is 1.21. The van der Waals surface area contributed by atoms with E-state index in [0.29, 0.717) is 0 Å². The molecule has 54 valence electrons. The highest BCUT2D eigenvalue weighted by atomic mass is 14.0. The van der Waals surface area contributed by atoms with Gasteiger partial charge in [-0.15, -0.1) is 0 Å². The van der Waals surface area contributed by atoms with Crippen molar-refractivity contribution in [3.05, 3.63) is 36.5 Å². The Kier molecular flexibility index (Phi) is 3.01. The highest BCUT2D eigenvalue weighted by molar-refractivity contribution is 5.22. The molecule has 1 aliphatic rings. The van der Waals surface area contributed by atoms with E-state index in [9.17, 15) is 0 Å². The van der Waals surface area contributed by atoms with Crippen LogP contribution in [0.3, 0.4) is 0 Å². The van der Waals surface area contributed by atoms with Crippen LogP contribution >= 0.6 is 0 Å². The Hall–Kier alpha value is -0.780. The lowest BCUT2D eigenvalue weighted by Crippen LogP contribution is -1.87. The molecule has 0 heteroatoms. The molecule has 0 nitrogen and oxygen atoms in total. The van der Waals surface area contributed by atoms with Crippen molar-refractivity contribution in [2.45, 2.75) is 25.7 Å². The first-order chi connectivity index (χ1) is 4.93. The summed E-state index contributed by atoms with van der Waals surface area (Å²) in [6.07, 6.45) is 13.6. The van der Waals surface area contributed by atoms with Gasteiger partial charge >= 0.3 is 0 Å². The van der Waals surface area contributed by atoms with Crippen molar-refractivity contribution < 1.29 is 0 Å². The van der Waals surface area contributed by atoms with Gasteiger partial charge in [0.05, 0.1) is 0 Å². The van der Waals surface area contributed by atoms with Gasteiger partial charge in [0.1, 0.15) is 0 Å². The average Bonchev–Trinajstić information content (AvgIpc) is 2.03. The maximum absolute atomic E-state index is 3.63. The molecule has 0 saturated heterocycles. The molecule has 0 atom stereocenters. The Bertz CT molecular complexity index is 158. The monoisotopic (exact) mass is 134 g/mol. The van der Waals surface area contributed by atoms with Crippen molar-refractivity contribution in [2.24, 2.45) is 0 Å². The molecule has 0 amide bonds. The van der Waals surface area contributed by atoms with Crippen LogP contribution in [0.2, 0.25) is 0 Å². The zero-order valence-corrected chi connectivity index (χ0v) is 6.34. The number of hydrogen-bond donors (Lipinski definition) is 0. The molecule has 0 unspecified atom stereocenters. The van der Waals surface area contributed by atoms with E-state index in [1.165, 1.54) is 31.3 Å². The van der Waals surface area contributed by atoms with Crippen molar-refractivity contribution >= 4 is 0 Å². The molecule has 1 aliphatic carbocycles. The summed E-state index contributed by atoms with van der Waals surface area (Å²) in [6.45, 7) is 3.63. The van der Waals surface area contributed by atoms with Gasteiger partial charge in [-0.3, -0.25) is 0 Å². The largest absolute Gasteiger partial charge is 0.0991 e. The van der Waals surface area contributed by atoms with Gasteiger partial charge in [0.2, 0.25) is 0 Å². The summed E-state index contributed by atoms with van der Waals surface area (Å²) >= 11 is 0. The average molecular weight is 134 g/mol. The van der Waals surface area contributed by atoms with Gasteiger partial charge in [-0.1, -0.05) is 36.5 Å². The van der Waals surface area contributed by atoms with Crippen molar-refractivity contribution in [2.75, 3.05) is 0 Å². The maximum Gasteiger partial charge on any atom is -0.0282 e. The van der Waals surface area contributed by atoms with Crippen LogP contribution in [0, 0.1) is 0 Å². The molecule has 1 rings (SSSR count). The maximum atomic E-state index is 3.63. The van der Waals surface area contributed by atoms with Crippen LogP contribution in [-0.2, 0) is 0 Å². The molecular formula is C10H14. The highest BCUT2D eigenvalue weighted by Gasteiger charge is 1.97. The second kappa shape index (κ2) is 4.10. The SMILES string of the molecule is C=C/C=C/C1=CCCCC1. The quantitative estimate of drug-likeness (QED) is 0.509. The first kappa shape index (κ1) is 7.33. The molecule has 0 heterocycles. The minimum Gasteiger partial charge on any atom is -0.0991 e. The summed E-state index contributed by atoms with van der Waals surface area (Å²) in [5.74, 6) is 0. The third kappa shape index (κ3) is 2.22. The van der Waals surface area contributed by atoms with Crippen LogP contribution in [-0.4, -0.2) is 0 Å². The van der Waals surface area contributed by atoms with E-state index in [2.05, 4.69) is 18.7 Å². The van der Waals surface area contributed by atoms with Crippen LogP contribution < -0.4 is 0 Å². The molecule has 0 saturated carbocycles. The summed E-state index contributed by atoms with van der Waals surface area (Å²) in [5, 5.41) is 0. The standard InChI is InChI=1S/C10H14/c1-2-3-7-10-8-5-4-6-9-10/h2-3,7-8H,1,4-6,9H2/b7-3+. The lowest BCUT2D eigenvalue weighted by atomic mass is 9.99. The van der Waals surface area contributed by atoms with E-state index in [1.807, 2.05) is 12.2 Å². The van der Waals surface area contributed by atoms with E-state index in [4.69, 9.17) is 0 Å². The lowest BCUT2D eigenvalue weighted by Gasteiger charge is -2.07. The highest BCUT2D eigenvalue weighted by Crippen LogP contribution is 2.17. The molecule has 0 spiro atoms. The van der Waals surface area contributed by atoms with Gasteiger partial charge in [-0.2, -0.15) is 0 Å². The first-order valence-corrected chi connectivity index (χ1v) is 3.91. The zero-order valence-electron chi connectivity index (χ0n) is 6.34. The molecule has 0 aliphatic heterocycles. The third-order valence-electron chi connectivity index (χ3n) is 1.77. The van der Waals surface area contributed by atoms with Crippen LogP contribution in [0.15, 0.2) is 36.5 Å². The summed E-state index contributed by atoms with van der Waals surface area (Å²) in [5.41, 5.74) is 1.48. The zero-order chi connectivity index (χ0) is 7.23. The Labute approximate surface area is 62.9 Å². The molecule has 0 aromatic carbocycles. The number of allylic oxidation sites excluding steroid dienone is 5. The van der Waals surface area contributed by atoms with Crippen molar-refractivity contribution in [1.29, 1.82) is 0 Å². The molecule has 0 bridgehead atoms. The van der Waals surface area contributed by atoms with Gasteiger partial charge in [0.15, 0.2) is 0 Å². The Morgan fingerprint density at radius 3 is 2.90 bits per heavy atom. The molecule has 0 fully saturated rings. The van der Waals surface area contributed by atoms with E-state index >= 15 is 0 Å². The normalized spacial score (nSPS) is 19.0. The van der Waals surface area contributed by atoms with Crippen molar-refractivity contribution in [1.82, 2.24) is 0 Å². The third-order valence-corrected chi connectivity index (χ3v) is 1.77. The fraction of sp³-hybridized carbons (Fsp3) is 0.400. The number of hydrogen-bond acceptors (Lipinski definition) is 0. The predicted molar refractivity (Wildman–Crippen MR) is 45.9 cm³/mol. The molecule has 0 aromatic rings. The Morgan fingerprint density at radius 1 is 1.40 bits per heavy atom. The summed E-state index contributed by atoms with van der Waals surface area (Å²) in [4.78, 5) is 0. The summed E-state index contributed by atoms with van der Waals surface area (Å²) in [6, 6.07) is 0. The van der Waals surface area contributed by atoms with Gasteiger partial charge in [-0.25, -0.2) is 0 Å². The van der Waals surface area contributed by atoms with E-state index in [1.54, 1.807) is 0 Å². The molecular weight excluding hydrogens is 120 g/mol. The van der Waals surface area contributed by atoms with E-state index < -0.39 is 0 Å². The van der Waals surface area contributed by atoms with Crippen molar-refractivity contribution in [3.8, 4) is 0 Å². The molecule has 0 radical (unpaired) electrons. The topological polar surface area (TPSA) is 0 Å². The Morgan fingerprint density at radius 2 is 2.30 bits per heavy atom. The second-order valence-electron chi connectivity index (χ2n) is 2.62. The van der Waals surface area contributed by atoms with Gasteiger partial charge in [0, 0.05) is 0 Å². The van der Waals surface area contributed by atoms with Crippen molar-refractivity contribution in [3.63, 3.8) is 0 Å². The smallest absolute Gasteiger partial charge is 0.0282 e. The Balaban J connectivity index is 2.45. The number of rotatable bonds is 2. The van der Waals surface area contributed by atoms with Gasteiger partial charge in [0.25, 0.3) is 0 Å². The summed E-state index contributed by atoms with van der Waals surface area (Å²) < 4.78 is 0.